The molecule has 2 N–H and O–H groups in total. The summed E-state index contributed by atoms with van der Waals surface area (Å²) in [6.07, 6.45) is 0. The van der Waals surface area contributed by atoms with Crippen LogP contribution in [0.4, 0.5) is 11.4 Å². The number of amides is 1. The Kier molecular flexibility index (Phi) is 4.81. The molecule has 0 saturated heterocycles. The van der Waals surface area contributed by atoms with Gasteiger partial charge in [0.1, 0.15) is 5.21 Å². The molecule has 0 atom stereocenters. The highest BCUT2D eigenvalue weighted by Crippen LogP contribution is 2.19. The van der Waals surface area contributed by atoms with E-state index in [-0.39, 0.29) is 5.91 Å². The van der Waals surface area contributed by atoms with E-state index < -0.39 is 20.7 Å². The van der Waals surface area contributed by atoms with Crippen LogP contribution >= 0.6 is 11.6 Å². The average Bonchev–Trinajstić information content (AvgIpc) is 2.30. The maximum atomic E-state index is 11.8. The normalized spacial score (nSPS) is 12.0. The van der Waals surface area contributed by atoms with Gasteiger partial charge in [-0.15, -0.1) is 11.6 Å². The minimum atomic E-state index is -3.50. The van der Waals surface area contributed by atoms with Crippen molar-refractivity contribution in [2.24, 2.45) is 5.41 Å². The molecular weight excluding hydrogens is 288 g/mol. The zero-order chi connectivity index (χ0) is 14.7. The molecule has 0 aliphatic heterocycles. The molecule has 0 fully saturated rings. The highest BCUT2D eigenvalue weighted by Gasteiger charge is 2.21. The van der Waals surface area contributed by atoms with Gasteiger partial charge in [0, 0.05) is 16.8 Å². The molecule has 0 heterocycles. The van der Waals surface area contributed by atoms with Gasteiger partial charge in [-0.1, -0.05) is 20.8 Å². The lowest BCUT2D eigenvalue weighted by molar-refractivity contribution is -0.123. The number of halogens is 1. The number of hydrogen-bond acceptors (Lipinski definition) is 3. The SMILES string of the molecule is CC(C)(C)C(=O)Nc1ccc(NS(=O)(=O)CCl)cc1. The Morgan fingerprint density at radius 3 is 2.05 bits per heavy atom. The Hall–Kier alpha value is -1.27. The number of carbonyl (C=O) groups excluding carboxylic acids is 1. The predicted octanol–water partition coefficient (Wildman–Crippen LogP) is 2.61. The van der Waals surface area contributed by atoms with Crippen molar-refractivity contribution in [1.82, 2.24) is 0 Å². The molecule has 0 aromatic heterocycles. The molecule has 19 heavy (non-hydrogen) atoms. The van der Waals surface area contributed by atoms with Crippen molar-refractivity contribution in [2.75, 3.05) is 15.3 Å². The molecule has 0 bridgehead atoms. The predicted molar refractivity (Wildman–Crippen MR) is 77.8 cm³/mol. The Balaban J connectivity index is 2.75. The lowest BCUT2D eigenvalue weighted by Gasteiger charge is -2.17. The van der Waals surface area contributed by atoms with Gasteiger partial charge < -0.3 is 5.32 Å². The van der Waals surface area contributed by atoms with E-state index in [9.17, 15) is 13.2 Å². The van der Waals surface area contributed by atoms with Crippen LogP contribution in [0.3, 0.4) is 0 Å². The number of alkyl halides is 1. The lowest BCUT2D eigenvalue weighted by Crippen LogP contribution is -2.27. The summed E-state index contributed by atoms with van der Waals surface area (Å²) in [5, 5.41) is 2.24. The number of sulfonamides is 1. The average molecular weight is 305 g/mol. The molecule has 0 saturated carbocycles. The first-order chi connectivity index (χ1) is 8.64. The first-order valence-electron chi connectivity index (χ1n) is 5.62. The number of anilines is 2. The molecule has 0 unspecified atom stereocenters. The van der Waals surface area contributed by atoms with Crippen LogP contribution in [0.25, 0.3) is 0 Å². The van der Waals surface area contributed by atoms with Crippen LogP contribution in [-0.4, -0.2) is 19.5 Å². The van der Waals surface area contributed by atoms with Crippen LogP contribution in [0.5, 0.6) is 0 Å². The first kappa shape index (κ1) is 15.8. The Morgan fingerprint density at radius 1 is 1.16 bits per heavy atom. The van der Waals surface area contributed by atoms with Crippen LogP contribution in [-0.2, 0) is 14.8 Å². The molecule has 0 aliphatic rings. The molecule has 0 radical (unpaired) electrons. The van der Waals surface area contributed by atoms with Crippen molar-refractivity contribution >= 4 is 38.9 Å². The third-order valence-electron chi connectivity index (χ3n) is 2.24. The molecule has 1 aromatic carbocycles. The van der Waals surface area contributed by atoms with Gasteiger partial charge in [0.2, 0.25) is 15.9 Å². The summed E-state index contributed by atoms with van der Waals surface area (Å²) in [4.78, 5) is 11.8. The maximum absolute atomic E-state index is 11.8. The summed E-state index contributed by atoms with van der Waals surface area (Å²) in [5.41, 5.74) is 0.516. The fraction of sp³-hybridized carbons (Fsp3) is 0.417. The highest BCUT2D eigenvalue weighted by atomic mass is 35.5. The monoisotopic (exact) mass is 304 g/mol. The second-order valence-corrected chi connectivity index (χ2v) is 7.41. The van der Waals surface area contributed by atoms with Crippen molar-refractivity contribution < 1.29 is 13.2 Å². The lowest BCUT2D eigenvalue weighted by atomic mass is 9.95. The summed E-state index contributed by atoms with van der Waals surface area (Å²) in [7, 11) is -3.50. The van der Waals surface area contributed by atoms with Crippen LogP contribution in [0.1, 0.15) is 20.8 Å². The van der Waals surface area contributed by atoms with Crippen molar-refractivity contribution in [1.29, 1.82) is 0 Å². The van der Waals surface area contributed by atoms with E-state index >= 15 is 0 Å². The zero-order valence-corrected chi connectivity index (χ0v) is 12.6. The molecule has 1 amide bonds. The minimum Gasteiger partial charge on any atom is -0.326 e. The van der Waals surface area contributed by atoms with Crippen LogP contribution in [0, 0.1) is 5.41 Å². The van der Waals surface area contributed by atoms with Gasteiger partial charge in [-0.3, -0.25) is 9.52 Å². The molecule has 106 valence electrons. The highest BCUT2D eigenvalue weighted by molar-refractivity contribution is 7.93. The van der Waals surface area contributed by atoms with Crippen molar-refractivity contribution in [3.63, 3.8) is 0 Å². The number of benzene rings is 1. The largest absolute Gasteiger partial charge is 0.326 e. The first-order valence-corrected chi connectivity index (χ1v) is 7.81. The molecular formula is C12H17ClN2O3S. The van der Waals surface area contributed by atoms with Gasteiger partial charge in [0.25, 0.3) is 0 Å². The summed E-state index contributed by atoms with van der Waals surface area (Å²) in [6.45, 7) is 5.43. The van der Waals surface area contributed by atoms with E-state index in [1.807, 2.05) is 20.8 Å². The molecule has 0 aliphatic carbocycles. The molecule has 1 rings (SSSR count). The van der Waals surface area contributed by atoms with Crippen molar-refractivity contribution in [3.8, 4) is 0 Å². The van der Waals surface area contributed by atoms with E-state index in [0.717, 1.165) is 0 Å². The summed E-state index contributed by atoms with van der Waals surface area (Å²) < 4.78 is 24.8. The third-order valence-corrected chi connectivity index (χ3v) is 3.94. The maximum Gasteiger partial charge on any atom is 0.246 e. The topological polar surface area (TPSA) is 75.3 Å². The zero-order valence-electron chi connectivity index (χ0n) is 11.0. The van der Waals surface area contributed by atoms with Crippen LogP contribution < -0.4 is 10.0 Å². The van der Waals surface area contributed by atoms with Crippen LogP contribution in [0.15, 0.2) is 24.3 Å². The van der Waals surface area contributed by atoms with E-state index in [1.165, 1.54) is 0 Å². The van der Waals surface area contributed by atoms with Gasteiger partial charge in [0.15, 0.2) is 0 Å². The fourth-order valence-electron chi connectivity index (χ4n) is 1.15. The van der Waals surface area contributed by atoms with E-state index in [0.29, 0.717) is 11.4 Å². The van der Waals surface area contributed by atoms with E-state index in [1.54, 1.807) is 24.3 Å². The fourth-order valence-corrected chi connectivity index (χ4v) is 1.86. The van der Waals surface area contributed by atoms with Crippen LogP contribution in [0.2, 0.25) is 0 Å². The summed E-state index contributed by atoms with van der Waals surface area (Å²) in [6, 6.07) is 6.36. The van der Waals surface area contributed by atoms with Gasteiger partial charge in [0.05, 0.1) is 0 Å². The van der Waals surface area contributed by atoms with Gasteiger partial charge in [-0.05, 0) is 24.3 Å². The van der Waals surface area contributed by atoms with Gasteiger partial charge in [-0.2, -0.15) is 0 Å². The van der Waals surface area contributed by atoms with E-state index in [4.69, 9.17) is 11.6 Å². The van der Waals surface area contributed by atoms with E-state index in [2.05, 4.69) is 10.0 Å². The Labute approximate surface area is 118 Å². The molecule has 7 heteroatoms. The second-order valence-electron chi connectivity index (χ2n) is 5.11. The summed E-state index contributed by atoms with van der Waals surface area (Å²) in [5.74, 6) is -0.110. The second kappa shape index (κ2) is 5.79. The van der Waals surface area contributed by atoms with Gasteiger partial charge >= 0.3 is 0 Å². The number of hydrogen-bond donors (Lipinski definition) is 2. The van der Waals surface area contributed by atoms with Gasteiger partial charge in [-0.25, -0.2) is 8.42 Å². The smallest absolute Gasteiger partial charge is 0.246 e. The standard InChI is InChI=1S/C12H17ClN2O3S/c1-12(2,3)11(16)14-9-4-6-10(7-5-9)15-19(17,18)8-13/h4-7,15H,8H2,1-3H3,(H,14,16). The minimum absolute atomic E-state index is 0.110. The number of nitrogens with one attached hydrogen (secondary N) is 2. The quantitative estimate of drug-likeness (QED) is 0.840. The Morgan fingerprint density at radius 2 is 1.63 bits per heavy atom. The number of rotatable bonds is 4. The molecule has 1 aromatic rings. The summed E-state index contributed by atoms with van der Waals surface area (Å²) >= 11 is 5.29. The molecule has 0 spiro atoms. The Bertz CT molecular complexity index is 547. The van der Waals surface area contributed by atoms with Crippen molar-refractivity contribution in [3.05, 3.63) is 24.3 Å². The molecule has 5 nitrogen and oxygen atoms in total. The number of carbonyl (C=O) groups is 1. The third kappa shape index (κ3) is 5.08. The van der Waals surface area contributed by atoms with Crippen molar-refractivity contribution in [2.45, 2.75) is 20.8 Å².